The predicted molar refractivity (Wildman–Crippen MR) is 111 cm³/mol. The third-order valence-electron chi connectivity index (χ3n) is 3.57. The van der Waals surface area contributed by atoms with E-state index in [9.17, 15) is 4.79 Å². The lowest BCUT2D eigenvalue weighted by atomic mass is 10.1. The molecular weight excluding hydrogens is 436 g/mol. The van der Waals surface area contributed by atoms with Crippen LogP contribution >= 0.6 is 39.3 Å². The number of benzene rings is 2. The van der Waals surface area contributed by atoms with Crippen LogP contribution in [0.3, 0.4) is 0 Å². The van der Waals surface area contributed by atoms with Gasteiger partial charge in [0.15, 0.2) is 5.69 Å². The van der Waals surface area contributed by atoms with Gasteiger partial charge in [-0.25, -0.2) is 4.68 Å². The van der Waals surface area contributed by atoms with Crippen molar-refractivity contribution in [2.24, 2.45) is 0 Å². The van der Waals surface area contributed by atoms with E-state index in [-0.39, 0.29) is 5.91 Å². The predicted octanol–water partition coefficient (Wildman–Crippen LogP) is 5.32. The van der Waals surface area contributed by atoms with Crippen molar-refractivity contribution in [3.05, 3.63) is 63.7 Å². The van der Waals surface area contributed by atoms with Crippen molar-refractivity contribution in [3.63, 3.8) is 0 Å². The summed E-state index contributed by atoms with van der Waals surface area (Å²) in [5.74, 6) is 1.20. The van der Waals surface area contributed by atoms with Gasteiger partial charge in [0, 0.05) is 20.7 Å². The van der Waals surface area contributed by atoms with Gasteiger partial charge in [-0.1, -0.05) is 57.9 Å². The fourth-order valence-electron chi connectivity index (χ4n) is 2.36. The first-order valence-corrected chi connectivity index (χ1v) is 10.2. The molecule has 3 aromatic rings. The Morgan fingerprint density at radius 2 is 2.04 bits per heavy atom. The van der Waals surface area contributed by atoms with E-state index < -0.39 is 0 Å². The zero-order valence-corrected chi connectivity index (χ0v) is 17.1. The van der Waals surface area contributed by atoms with Crippen LogP contribution in [0.2, 0.25) is 5.02 Å². The lowest BCUT2D eigenvalue weighted by molar-refractivity contribution is 0.101. The monoisotopic (exact) mass is 450 g/mol. The van der Waals surface area contributed by atoms with Gasteiger partial charge in [0.05, 0.1) is 5.88 Å². The molecule has 0 saturated carbocycles. The molecule has 1 aromatic heterocycles. The van der Waals surface area contributed by atoms with Crippen LogP contribution in [0.5, 0.6) is 0 Å². The molecule has 134 valence electrons. The summed E-state index contributed by atoms with van der Waals surface area (Å²) >= 11 is 11.1. The Morgan fingerprint density at radius 1 is 1.27 bits per heavy atom. The van der Waals surface area contributed by atoms with E-state index in [1.165, 1.54) is 0 Å². The number of halogens is 2. The maximum Gasteiger partial charge on any atom is 0.276 e. The Hall–Kier alpha value is -1.83. The van der Waals surface area contributed by atoms with Gasteiger partial charge < -0.3 is 5.32 Å². The summed E-state index contributed by atoms with van der Waals surface area (Å²) in [7, 11) is 0. The molecule has 0 spiro atoms. The molecule has 0 aliphatic carbocycles. The van der Waals surface area contributed by atoms with Gasteiger partial charge >= 0.3 is 0 Å². The van der Waals surface area contributed by atoms with Crippen LogP contribution < -0.4 is 5.32 Å². The molecule has 0 radical (unpaired) electrons. The minimum atomic E-state index is -0.271. The first-order chi connectivity index (χ1) is 12.6. The van der Waals surface area contributed by atoms with Crippen molar-refractivity contribution in [1.82, 2.24) is 15.0 Å². The van der Waals surface area contributed by atoms with Gasteiger partial charge in [-0.15, -0.1) is 16.9 Å². The largest absolute Gasteiger partial charge is 0.321 e. The van der Waals surface area contributed by atoms with E-state index >= 15 is 0 Å². The molecule has 0 bridgehead atoms. The molecule has 0 aliphatic heterocycles. The summed E-state index contributed by atoms with van der Waals surface area (Å²) in [5.41, 5.74) is 2.43. The third-order valence-corrected chi connectivity index (χ3v) is 5.17. The van der Waals surface area contributed by atoms with Gasteiger partial charge in [0.1, 0.15) is 5.69 Å². The van der Waals surface area contributed by atoms with E-state index in [1.807, 2.05) is 24.3 Å². The highest BCUT2D eigenvalue weighted by Gasteiger charge is 2.22. The Bertz CT molecular complexity index is 914. The standard InChI is InChI=1S/C18H16BrClN4OS/c1-2-26-11-24-17(18(25)21-15-5-3-4-14(20)10-15)16(22-23-24)12-6-8-13(19)9-7-12/h3-10H,2,11H2,1H3,(H,21,25). The molecule has 0 saturated heterocycles. The normalized spacial score (nSPS) is 10.7. The molecule has 1 amide bonds. The molecule has 1 heterocycles. The van der Waals surface area contributed by atoms with E-state index in [2.05, 4.69) is 38.5 Å². The molecule has 3 rings (SSSR count). The molecule has 0 atom stereocenters. The van der Waals surface area contributed by atoms with E-state index in [0.717, 1.165) is 15.8 Å². The summed E-state index contributed by atoms with van der Waals surface area (Å²) in [5, 5.41) is 11.9. The summed E-state index contributed by atoms with van der Waals surface area (Å²) in [4.78, 5) is 13.0. The van der Waals surface area contributed by atoms with Crippen molar-refractivity contribution in [2.75, 3.05) is 11.1 Å². The SMILES string of the molecule is CCSCn1nnc(-c2ccc(Br)cc2)c1C(=O)Nc1cccc(Cl)c1. The van der Waals surface area contributed by atoms with E-state index in [1.54, 1.807) is 40.7 Å². The van der Waals surface area contributed by atoms with Crippen LogP contribution in [0.25, 0.3) is 11.3 Å². The minimum Gasteiger partial charge on any atom is -0.321 e. The van der Waals surface area contributed by atoms with E-state index in [0.29, 0.717) is 28.0 Å². The van der Waals surface area contributed by atoms with Crippen molar-refractivity contribution >= 4 is 50.9 Å². The van der Waals surface area contributed by atoms with Gasteiger partial charge in [-0.2, -0.15) is 0 Å². The Labute approximate surface area is 169 Å². The van der Waals surface area contributed by atoms with Crippen molar-refractivity contribution in [1.29, 1.82) is 0 Å². The fraction of sp³-hybridized carbons (Fsp3) is 0.167. The molecular formula is C18H16BrClN4OS. The fourth-order valence-corrected chi connectivity index (χ4v) is 3.36. The second kappa shape index (κ2) is 8.70. The molecule has 2 aromatic carbocycles. The summed E-state index contributed by atoms with van der Waals surface area (Å²) in [6, 6.07) is 14.7. The second-order valence-corrected chi connectivity index (χ2v) is 7.98. The van der Waals surface area contributed by atoms with Crippen molar-refractivity contribution in [2.45, 2.75) is 12.8 Å². The zero-order valence-electron chi connectivity index (χ0n) is 13.9. The molecule has 1 N–H and O–H groups in total. The number of thioether (sulfide) groups is 1. The number of carbonyl (C=O) groups excluding carboxylic acids is 1. The van der Waals surface area contributed by atoms with Gasteiger partial charge in [0.25, 0.3) is 5.91 Å². The summed E-state index contributed by atoms with van der Waals surface area (Å²) in [6.07, 6.45) is 0. The Kier molecular flexibility index (Phi) is 6.34. The van der Waals surface area contributed by atoms with Crippen molar-refractivity contribution in [3.8, 4) is 11.3 Å². The van der Waals surface area contributed by atoms with Crippen LogP contribution in [0, 0.1) is 0 Å². The van der Waals surface area contributed by atoms with Gasteiger partial charge in [-0.05, 0) is 36.1 Å². The number of carbonyl (C=O) groups is 1. The van der Waals surface area contributed by atoms with Crippen LogP contribution in [0.4, 0.5) is 5.69 Å². The smallest absolute Gasteiger partial charge is 0.276 e. The number of nitrogens with one attached hydrogen (secondary N) is 1. The molecule has 0 aliphatic rings. The summed E-state index contributed by atoms with van der Waals surface area (Å²) in [6.45, 7) is 2.06. The third kappa shape index (κ3) is 4.47. The van der Waals surface area contributed by atoms with Crippen LogP contribution in [-0.4, -0.2) is 26.7 Å². The second-order valence-electron chi connectivity index (χ2n) is 5.38. The Morgan fingerprint density at radius 3 is 2.73 bits per heavy atom. The maximum absolute atomic E-state index is 13.0. The number of nitrogens with zero attached hydrogens (tertiary/aromatic N) is 3. The number of anilines is 1. The zero-order chi connectivity index (χ0) is 18.5. The number of hydrogen-bond acceptors (Lipinski definition) is 4. The molecule has 5 nitrogen and oxygen atoms in total. The maximum atomic E-state index is 13.0. The highest BCUT2D eigenvalue weighted by atomic mass is 79.9. The molecule has 0 fully saturated rings. The van der Waals surface area contributed by atoms with Crippen molar-refractivity contribution < 1.29 is 4.79 Å². The first-order valence-electron chi connectivity index (χ1n) is 7.92. The lowest BCUT2D eigenvalue weighted by Crippen LogP contribution is -2.18. The molecule has 26 heavy (non-hydrogen) atoms. The Balaban J connectivity index is 1.97. The highest BCUT2D eigenvalue weighted by Crippen LogP contribution is 2.25. The van der Waals surface area contributed by atoms with Gasteiger partial charge in [-0.3, -0.25) is 4.79 Å². The van der Waals surface area contributed by atoms with E-state index in [4.69, 9.17) is 11.6 Å². The average molecular weight is 452 g/mol. The quantitative estimate of drug-likeness (QED) is 0.551. The first kappa shape index (κ1) is 18.9. The van der Waals surface area contributed by atoms with Crippen LogP contribution in [-0.2, 0) is 5.88 Å². The van der Waals surface area contributed by atoms with Crippen LogP contribution in [0.1, 0.15) is 17.4 Å². The average Bonchev–Trinajstić information content (AvgIpc) is 3.04. The van der Waals surface area contributed by atoms with Gasteiger partial charge in [0.2, 0.25) is 0 Å². The lowest BCUT2D eigenvalue weighted by Gasteiger charge is -2.09. The minimum absolute atomic E-state index is 0.271. The number of hydrogen-bond donors (Lipinski definition) is 1. The number of rotatable bonds is 6. The summed E-state index contributed by atoms with van der Waals surface area (Å²) < 4.78 is 2.59. The number of aromatic nitrogens is 3. The topological polar surface area (TPSA) is 59.8 Å². The highest BCUT2D eigenvalue weighted by molar-refractivity contribution is 9.10. The van der Waals surface area contributed by atoms with Crippen LogP contribution in [0.15, 0.2) is 53.0 Å². The number of amides is 1. The molecule has 8 heteroatoms. The molecule has 0 unspecified atom stereocenters.